The highest BCUT2D eigenvalue weighted by atomic mass is 32.2. The minimum atomic E-state index is -3.95. The van der Waals surface area contributed by atoms with Crippen molar-refractivity contribution in [3.63, 3.8) is 0 Å². The van der Waals surface area contributed by atoms with Crippen molar-refractivity contribution in [3.8, 4) is 11.3 Å². The maximum atomic E-state index is 13.6. The maximum Gasteiger partial charge on any atom is 0.264 e. The number of oxazole rings is 1. The summed E-state index contributed by atoms with van der Waals surface area (Å²) in [5, 5.41) is 0. The molecule has 0 aliphatic carbocycles. The van der Waals surface area contributed by atoms with E-state index in [1.807, 2.05) is 60.7 Å². The summed E-state index contributed by atoms with van der Waals surface area (Å²) in [7, 11) is -3.95. The first-order valence-electron chi connectivity index (χ1n) is 11.0. The van der Waals surface area contributed by atoms with Gasteiger partial charge >= 0.3 is 0 Å². The van der Waals surface area contributed by atoms with E-state index in [-0.39, 0.29) is 22.4 Å². The average Bonchev–Trinajstić information content (AvgIpc) is 3.29. The molecule has 0 unspecified atom stereocenters. The number of rotatable bonds is 7. The second-order valence-electron chi connectivity index (χ2n) is 7.91. The fourth-order valence-corrected chi connectivity index (χ4v) is 4.90. The van der Waals surface area contributed by atoms with Gasteiger partial charge in [-0.05, 0) is 47.5 Å². The number of nitrogens with zero attached hydrogens (tertiary/aromatic N) is 1. The monoisotopic (exact) mass is 484 g/mol. The molecule has 0 saturated heterocycles. The van der Waals surface area contributed by atoms with E-state index >= 15 is 0 Å². The Bertz CT molecular complexity index is 1480. The van der Waals surface area contributed by atoms with E-state index in [0.717, 1.165) is 11.1 Å². The van der Waals surface area contributed by atoms with Crippen LogP contribution in [-0.4, -0.2) is 13.4 Å². The lowest BCUT2D eigenvalue weighted by Crippen LogP contribution is -2.13. The predicted octanol–water partition coefficient (Wildman–Crippen LogP) is 6.46. The van der Waals surface area contributed by atoms with Gasteiger partial charge in [-0.3, -0.25) is 0 Å². The largest absolute Gasteiger partial charge is 0.423 e. The van der Waals surface area contributed by atoms with E-state index < -0.39 is 15.8 Å². The molecule has 0 aliphatic rings. The van der Waals surface area contributed by atoms with E-state index in [2.05, 4.69) is 4.72 Å². The number of anilines is 1. The molecule has 5 nitrogen and oxygen atoms in total. The van der Waals surface area contributed by atoms with Crippen LogP contribution in [0.3, 0.4) is 0 Å². The molecule has 0 spiro atoms. The average molecular weight is 485 g/mol. The van der Waals surface area contributed by atoms with Crippen molar-refractivity contribution >= 4 is 15.9 Å². The Morgan fingerprint density at radius 3 is 1.77 bits per heavy atom. The third-order valence-corrected chi connectivity index (χ3v) is 6.90. The highest BCUT2D eigenvalue weighted by Crippen LogP contribution is 2.38. The third-order valence-electron chi connectivity index (χ3n) is 5.55. The Kier molecular flexibility index (Phi) is 6.16. The summed E-state index contributed by atoms with van der Waals surface area (Å²) in [6.45, 7) is 0. The summed E-state index contributed by atoms with van der Waals surface area (Å²) in [5.41, 5.74) is 2.66. The van der Waals surface area contributed by atoms with Crippen LogP contribution in [0.4, 0.5) is 10.3 Å². The highest BCUT2D eigenvalue weighted by Gasteiger charge is 2.27. The fourth-order valence-electron chi connectivity index (χ4n) is 3.88. The summed E-state index contributed by atoms with van der Waals surface area (Å²) in [6.07, 6.45) is 0. The van der Waals surface area contributed by atoms with Gasteiger partial charge in [0.15, 0.2) is 0 Å². The number of hydrogen-bond acceptors (Lipinski definition) is 4. The maximum absolute atomic E-state index is 13.6. The standard InChI is InChI=1S/C28H21FN2O3S/c29-23-18-16-22(17-19-23)26-28(31-35(32,33)24-14-8-3-9-15-24)34-27(30-26)25(20-10-4-1-5-11-20)21-12-6-2-7-13-21/h1-19,25,31H. The van der Waals surface area contributed by atoms with Crippen LogP contribution in [0, 0.1) is 5.82 Å². The fraction of sp³-hybridized carbons (Fsp3) is 0.0357. The molecular weight excluding hydrogens is 463 g/mol. The van der Waals surface area contributed by atoms with Crippen LogP contribution in [0.1, 0.15) is 22.9 Å². The van der Waals surface area contributed by atoms with Crippen LogP contribution >= 0.6 is 0 Å². The van der Waals surface area contributed by atoms with Crippen molar-refractivity contribution in [2.24, 2.45) is 0 Å². The first-order valence-corrected chi connectivity index (χ1v) is 12.4. The molecule has 1 aromatic heterocycles. The van der Waals surface area contributed by atoms with Gasteiger partial charge in [0.2, 0.25) is 11.8 Å². The van der Waals surface area contributed by atoms with Gasteiger partial charge in [-0.2, -0.15) is 0 Å². The molecule has 0 aliphatic heterocycles. The minimum absolute atomic E-state index is 0.0349. The van der Waals surface area contributed by atoms with Crippen LogP contribution < -0.4 is 4.72 Å². The third kappa shape index (κ3) is 4.85. The topological polar surface area (TPSA) is 72.2 Å². The van der Waals surface area contributed by atoms with Crippen molar-refractivity contribution in [1.29, 1.82) is 0 Å². The summed E-state index contributed by atoms with van der Waals surface area (Å²) in [4.78, 5) is 4.81. The summed E-state index contributed by atoms with van der Waals surface area (Å²) in [5.74, 6) is -0.512. The van der Waals surface area contributed by atoms with Crippen LogP contribution in [0.5, 0.6) is 0 Å². The lowest BCUT2D eigenvalue weighted by atomic mass is 9.91. The highest BCUT2D eigenvalue weighted by molar-refractivity contribution is 7.92. The van der Waals surface area contributed by atoms with Crippen molar-refractivity contribution in [2.45, 2.75) is 10.8 Å². The Labute approximate surface area is 203 Å². The zero-order chi connectivity index (χ0) is 24.3. The molecule has 174 valence electrons. The number of aromatic nitrogens is 1. The molecule has 5 rings (SSSR count). The van der Waals surface area contributed by atoms with Gasteiger partial charge in [-0.25, -0.2) is 22.5 Å². The molecule has 1 heterocycles. The van der Waals surface area contributed by atoms with E-state index in [9.17, 15) is 12.8 Å². The molecule has 0 bridgehead atoms. The normalized spacial score (nSPS) is 11.5. The molecular formula is C28H21FN2O3S. The number of hydrogen-bond donors (Lipinski definition) is 1. The van der Waals surface area contributed by atoms with Crippen LogP contribution in [0.25, 0.3) is 11.3 Å². The lowest BCUT2D eigenvalue weighted by Gasteiger charge is -2.14. The summed E-state index contributed by atoms with van der Waals surface area (Å²) in [6, 6.07) is 33.1. The zero-order valence-corrected chi connectivity index (χ0v) is 19.3. The van der Waals surface area contributed by atoms with Gasteiger partial charge in [0.25, 0.3) is 10.0 Å². The second kappa shape index (κ2) is 9.56. The van der Waals surface area contributed by atoms with Gasteiger partial charge in [0.05, 0.1) is 10.8 Å². The Morgan fingerprint density at radius 2 is 1.23 bits per heavy atom. The molecule has 5 aromatic rings. The number of sulfonamides is 1. The van der Waals surface area contributed by atoms with Gasteiger partial charge in [0, 0.05) is 5.56 Å². The zero-order valence-electron chi connectivity index (χ0n) is 18.5. The van der Waals surface area contributed by atoms with E-state index in [0.29, 0.717) is 11.5 Å². The molecule has 0 saturated carbocycles. The van der Waals surface area contributed by atoms with Gasteiger partial charge in [-0.1, -0.05) is 78.9 Å². The molecule has 35 heavy (non-hydrogen) atoms. The SMILES string of the molecule is O=S(=O)(Nc1oc(C(c2ccccc2)c2ccccc2)nc1-c1ccc(F)cc1)c1ccccc1. The summed E-state index contributed by atoms with van der Waals surface area (Å²) < 4.78 is 48.5. The van der Waals surface area contributed by atoms with Crippen molar-refractivity contribution < 1.29 is 17.2 Å². The Hall–Kier alpha value is -4.23. The van der Waals surface area contributed by atoms with Crippen molar-refractivity contribution in [3.05, 3.63) is 138 Å². The van der Waals surface area contributed by atoms with Crippen LogP contribution in [0.2, 0.25) is 0 Å². The molecule has 0 radical (unpaired) electrons. The van der Waals surface area contributed by atoms with E-state index in [1.54, 1.807) is 18.2 Å². The molecule has 7 heteroatoms. The van der Waals surface area contributed by atoms with Gasteiger partial charge in [0.1, 0.15) is 11.5 Å². The lowest BCUT2D eigenvalue weighted by molar-refractivity contribution is 0.502. The van der Waals surface area contributed by atoms with Crippen LogP contribution in [0.15, 0.2) is 125 Å². The van der Waals surface area contributed by atoms with Crippen LogP contribution in [-0.2, 0) is 10.0 Å². The second-order valence-corrected chi connectivity index (χ2v) is 9.59. The number of nitrogens with one attached hydrogen (secondary N) is 1. The Morgan fingerprint density at radius 1 is 0.714 bits per heavy atom. The van der Waals surface area contributed by atoms with E-state index in [4.69, 9.17) is 9.40 Å². The van der Waals surface area contributed by atoms with E-state index in [1.165, 1.54) is 36.4 Å². The van der Waals surface area contributed by atoms with Gasteiger partial charge < -0.3 is 4.42 Å². The Balaban J connectivity index is 1.66. The summed E-state index contributed by atoms with van der Waals surface area (Å²) >= 11 is 0. The van der Waals surface area contributed by atoms with Gasteiger partial charge in [-0.15, -0.1) is 0 Å². The smallest absolute Gasteiger partial charge is 0.264 e. The minimum Gasteiger partial charge on any atom is -0.423 e. The quantitative estimate of drug-likeness (QED) is 0.288. The first-order chi connectivity index (χ1) is 17.0. The molecule has 0 amide bonds. The first kappa shape index (κ1) is 22.6. The number of halogens is 1. The van der Waals surface area contributed by atoms with Crippen molar-refractivity contribution in [1.82, 2.24) is 4.98 Å². The van der Waals surface area contributed by atoms with Crippen molar-refractivity contribution in [2.75, 3.05) is 4.72 Å². The molecule has 0 atom stereocenters. The number of benzene rings is 4. The predicted molar refractivity (Wildman–Crippen MR) is 133 cm³/mol. The molecule has 4 aromatic carbocycles. The molecule has 1 N–H and O–H groups in total. The molecule has 0 fully saturated rings.